The van der Waals surface area contributed by atoms with E-state index < -0.39 is 5.60 Å². The number of carbonyl (C=O) groups excluding carboxylic acids is 1. The zero-order valence-corrected chi connectivity index (χ0v) is 62.1. The van der Waals surface area contributed by atoms with Gasteiger partial charge < -0.3 is 14.9 Å². The third kappa shape index (κ3) is 57.7. The Hall–Kier alpha value is -4.77. The minimum atomic E-state index is -0.702. The highest BCUT2D eigenvalue weighted by atomic mass is 16.5. The molecular weight excluding hydrogens is 1070 g/mol. The summed E-state index contributed by atoms with van der Waals surface area (Å²) < 4.78 is 4.98. The summed E-state index contributed by atoms with van der Waals surface area (Å²) in [5, 5.41) is 18.0. The van der Waals surface area contributed by atoms with Gasteiger partial charge in [0.05, 0.1) is 24.7 Å². The maximum absolute atomic E-state index is 10.9. The predicted octanol–water partition coefficient (Wildman–Crippen LogP) is 26.0. The van der Waals surface area contributed by atoms with Gasteiger partial charge in [-0.05, 0) is 254 Å². The molecule has 0 heterocycles. The molecule has 88 heavy (non-hydrogen) atoms. The van der Waals surface area contributed by atoms with Crippen molar-refractivity contribution in [1.82, 2.24) is 0 Å². The van der Waals surface area contributed by atoms with Crippen molar-refractivity contribution in [3.63, 3.8) is 0 Å². The van der Waals surface area contributed by atoms with Crippen LogP contribution in [0.1, 0.15) is 281 Å². The molecule has 3 aliphatic carbocycles. The molecule has 4 nitrogen and oxygen atoms in total. The molecule has 0 aromatic carbocycles. The third-order valence-corrected chi connectivity index (χ3v) is 15.8. The van der Waals surface area contributed by atoms with E-state index in [1.807, 2.05) is 32.1 Å². The molecule has 3 atom stereocenters. The molecule has 0 saturated heterocycles. The summed E-state index contributed by atoms with van der Waals surface area (Å²) in [5.74, 6) is 2.24. The minimum Gasteiger partial charge on any atom is -0.465 e. The van der Waals surface area contributed by atoms with E-state index >= 15 is 0 Å². The van der Waals surface area contributed by atoms with Gasteiger partial charge in [0, 0.05) is 0 Å². The van der Waals surface area contributed by atoms with Gasteiger partial charge in [0.15, 0.2) is 0 Å². The summed E-state index contributed by atoms with van der Waals surface area (Å²) in [5.41, 5.74) is 16.9. The highest BCUT2D eigenvalue weighted by molar-refractivity contribution is 5.71. The van der Waals surface area contributed by atoms with Crippen LogP contribution in [0.4, 0.5) is 0 Å². The molecule has 2 N–H and O–H groups in total. The van der Waals surface area contributed by atoms with Crippen LogP contribution in [0, 0.1) is 34.5 Å². The van der Waals surface area contributed by atoms with Crippen molar-refractivity contribution in [2.24, 2.45) is 34.5 Å². The largest absolute Gasteiger partial charge is 0.465 e. The van der Waals surface area contributed by atoms with Gasteiger partial charge in [0.1, 0.15) is 0 Å². The average molecular weight is 1220 g/mol. The minimum absolute atomic E-state index is 0.00200. The number of rotatable bonds is 22. The van der Waals surface area contributed by atoms with Crippen LogP contribution in [0.25, 0.3) is 0 Å². The molecule has 1 unspecified atom stereocenters. The molecule has 0 spiro atoms. The lowest BCUT2D eigenvalue weighted by Crippen LogP contribution is -2.44. The Balaban J connectivity index is -0.000000471. The number of ether oxygens (including phenoxy) is 1. The number of hydrogen-bond donors (Lipinski definition) is 2. The van der Waals surface area contributed by atoms with Crippen LogP contribution >= 0.6 is 0 Å². The monoisotopic (exact) mass is 1220 g/mol. The van der Waals surface area contributed by atoms with Gasteiger partial charge >= 0.3 is 5.97 Å². The quantitative estimate of drug-likeness (QED) is 0.0644. The number of carbonyl (C=O) groups is 1. The Kier molecular flexibility index (Phi) is 53.9. The molecule has 1 fully saturated rings. The fourth-order valence-electron chi connectivity index (χ4n) is 9.27. The number of aliphatic hydroxyl groups excluding tert-OH is 1. The summed E-state index contributed by atoms with van der Waals surface area (Å²) in [4.78, 5) is 10.9. The fourth-order valence-corrected chi connectivity index (χ4v) is 9.27. The van der Waals surface area contributed by atoms with Gasteiger partial charge in [-0.25, -0.2) is 0 Å². The molecule has 1 saturated carbocycles. The Labute approximate surface area is 548 Å². The second-order valence-corrected chi connectivity index (χ2v) is 28.5. The first-order valence-corrected chi connectivity index (χ1v) is 33.8. The first kappa shape index (κ1) is 89.7. The molecule has 4 heteroatoms. The highest BCUT2D eigenvalue weighted by Crippen LogP contribution is 2.56. The lowest BCUT2D eigenvalue weighted by molar-refractivity contribution is -0.147. The van der Waals surface area contributed by atoms with Crippen molar-refractivity contribution in [2.75, 3.05) is 13.2 Å². The normalized spacial score (nSPS) is 19.8. The molecule has 0 aliphatic heterocycles. The molecular formula is C84H142O4. The van der Waals surface area contributed by atoms with Crippen molar-refractivity contribution in [3.8, 4) is 0 Å². The zero-order chi connectivity index (χ0) is 68.5. The molecule has 0 aromatic rings. The Morgan fingerprint density at radius 1 is 0.682 bits per heavy atom. The van der Waals surface area contributed by atoms with Crippen molar-refractivity contribution in [2.45, 2.75) is 287 Å². The van der Waals surface area contributed by atoms with Crippen molar-refractivity contribution >= 4 is 5.97 Å². The summed E-state index contributed by atoms with van der Waals surface area (Å²) >= 11 is 0. The molecule has 0 bridgehead atoms. The van der Waals surface area contributed by atoms with Gasteiger partial charge in [-0.15, -0.1) is 6.58 Å². The van der Waals surface area contributed by atoms with Gasteiger partial charge in [-0.2, -0.15) is 0 Å². The predicted molar refractivity (Wildman–Crippen MR) is 399 cm³/mol. The highest BCUT2D eigenvalue weighted by Gasteiger charge is 2.47. The maximum Gasteiger partial charge on any atom is 0.308 e. The van der Waals surface area contributed by atoms with Crippen LogP contribution in [0.2, 0.25) is 0 Å². The number of fused-ring (bicyclic) bond motifs is 1. The molecule has 3 rings (SSSR count). The second-order valence-electron chi connectivity index (χ2n) is 28.5. The second kappa shape index (κ2) is 52.9. The lowest BCUT2D eigenvalue weighted by atomic mass is 9.52. The summed E-state index contributed by atoms with van der Waals surface area (Å²) in [6.07, 6.45) is 53.8. The van der Waals surface area contributed by atoms with Crippen LogP contribution < -0.4 is 0 Å². The molecule has 0 amide bonds. The van der Waals surface area contributed by atoms with Gasteiger partial charge in [0.2, 0.25) is 0 Å². The van der Waals surface area contributed by atoms with E-state index in [9.17, 15) is 9.90 Å². The van der Waals surface area contributed by atoms with Crippen LogP contribution in [-0.2, 0) is 9.53 Å². The summed E-state index contributed by atoms with van der Waals surface area (Å²) in [7, 11) is 0. The summed E-state index contributed by atoms with van der Waals surface area (Å²) in [6.45, 7) is 68.9. The van der Waals surface area contributed by atoms with E-state index in [2.05, 4.69) is 238 Å². The van der Waals surface area contributed by atoms with Gasteiger partial charge in [-0.3, -0.25) is 4.79 Å². The number of hydrogen-bond acceptors (Lipinski definition) is 4. The molecule has 0 aromatic heterocycles. The van der Waals surface area contributed by atoms with Crippen molar-refractivity contribution in [3.05, 3.63) is 191 Å². The SMILES string of the molecule is C/C1=C\CC/C(C)=C/CC(C)(C)/C=C/C1.C=C/C(C)=C/C/C=C(\C)CCC=C(C)C.C=C1CC/C=C(\C)CC[C@@H]2[C@@H]1CC2(C)C.C=CC(=C)CCC=C(C)C.C=CC(C)(O)CCC=C(C)C.CC(C)=CCC/C(C)=C/CO.CC(C)CCOC(=O)C(C)C. The van der Waals surface area contributed by atoms with Gasteiger partial charge in [0.25, 0.3) is 0 Å². The topological polar surface area (TPSA) is 66.8 Å². The zero-order valence-electron chi connectivity index (χ0n) is 62.1. The average Bonchev–Trinajstić information content (AvgIpc) is 1.56. The van der Waals surface area contributed by atoms with E-state index in [0.29, 0.717) is 23.4 Å². The van der Waals surface area contributed by atoms with E-state index in [1.165, 1.54) is 107 Å². The van der Waals surface area contributed by atoms with E-state index in [1.54, 1.807) is 18.6 Å². The Bertz CT molecular complexity index is 2320. The maximum atomic E-state index is 10.9. The third-order valence-electron chi connectivity index (χ3n) is 15.8. The first-order chi connectivity index (χ1) is 40.9. The van der Waals surface area contributed by atoms with Crippen LogP contribution in [0.5, 0.6) is 0 Å². The molecule has 502 valence electrons. The molecule has 3 aliphatic rings. The van der Waals surface area contributed by atoms with Crippen molar-refractivity contribution < 1.29 is 19.7 Å². The first-order valence-electron chi connectivity index (χ1n) is 33.8. The fraction of sp³-hybridized carbons (Fsp3) is 0.607. The summed E-state index contributed by atoms with van der Waals surface area (Å²) in [6, 6.07) is 0. The molecule has 0 radical (unpaired) electrons. The van der Waals surface area contributed by atoms with E-state index in [0.717, 1.165) is 88.0 Å². The lowest BCUT2D eigenvalue weighted by Gasteiger charge is -2.53. The number of allylic oxidation sites excluding steroid dienone is 25. The van der Waals surface area contributed by atoms with E-state index in [4.69, 9.17) is 9.84 Å². The van der Waals surface area contributed by atoms with Crippen molar-refractivity contribution in [1.29, 1.82) is 0 Å². The van der Waals surface area contributed by atoms with Crippen LogP contribution in [0.3, 0.4) is 0 Å². The Morgan fingerprint density at radius 3 is 1.66 bits per heavy atom. The number of aliphatic hydroxyl groups is 2. The van der Waals surface area contributed by atoms with Crippen LogP contribution in [0.15, 0.2) is 191 Å². The standard InChI is InChI=1S/3C15H24.2C10H18O.C10H16.C9H18O2/c1-11-6-5-7-12(2)13-10-15(3,4)14(13)9-8-11;1-13-7-5-8-14(2)10-12-15(3,4)11-6-9-13;1-6-14(4)10-8-12-15(5)11-7-9-13(2)3;1-9(2)5-4-6-10(3)7-8-11;1-5-10(4,11)8-6-7-9(2)3;1-5-10(4)8-6-7-9(2)3;1-7(2)5-6-11-9(10)8(3)4/h6,13-14H,2,5,7-10H2,1,3-4H3;6-7,10-11H,5,8-9,12H2,1-4H3;6,9-10,12H,1,7-8,11H2,2-5H3;5,7,11H,4,6,8H2,1-3H3;5,7,11H,1,6,8H2,2-4H3;5,7H,1,4,6,8H2,2-3H3;7-8H,5-6H2,1-4H3/b11-6+;11-6+,13-7+,14-10+;14-10+,15-12+;10-7+;;;/t13-,14-;;;;;;/m1....../s1. The van der Waals surface area contributed by atoms with Crippen LogP contribution in [-0.4, -0.2) is 35.0 Å². The smallest absolute Gasteiger partial charge is 0.308 e. The van der Waals surface area contributed by atoms with Gasteiger partial charge in [-0.1, -0.05) is 240 Å². The number of esters is 1. The Morgan fingerprint density at radius 2 is 1.18 bits per heavy atom. The van der Waals surface area contributed by atoms with E-state index in [-0.39, 0.29) is 18.5 Å².